The summed E-state index contributed by atoms with van der Waals surface area (Å²) in [6.45, 7) is 5.41. The lowest BCUT2D eigenvalue weighted by atomic mass is 10.1. The van der Waals surface area contributed by atoms with Crippen LogP contribution in [-0.4, -0.2) is 48.1 Å². The van der Waals surface area contributed by atoms with Crippen LogP contribution >= 0.6 is 0 Å². The molecule has 0 saturated carbocycles. The molecule has 0 spiro atoms. The summed E-state index contributed by atoms with van der Waals surface area (Å²) in [6, 6.07) is 7.08. The first kappa shape index (κ1) is 15.4. The first-order valence-electron chi connectivity index (χ1n) is 7.29. The number of aliphatic hydroxyl groups is 1. The van der Waals surface area contributed by atoms with Crippen LogP contribution in [0.5, 0.6) is 0 Å². The van der Waals surface area contributed by atoms with Crippen molar-refractivity contribution in [1.82, 2.24) is 0 Å². The minimum atomic E-state index is -0.891. The fourth-order valence-corrected chi connectivity index (χ4v) is 2.63. The van der Waals surface area contributed by atoms with E-state index in [1.54, 1.807) is 26.0 Å². The Morgan fingerprint density at radius 1 is 1.27 bits per heavy atom. The molecule has 3 rings (SSSR count). The largest absolute Gasteiger partial charge is 0.459 e. The second kappa shape index (κ2) is 5.62. The summed E-state index contributed by atoms with van der Waals surface area (Å²) < 4.78 is 21.9. The lowest BCUT2D eigenvalue weighted by Crippen LogP contribution is -2.37. The lowest BCUT2D eigenvalue weighted by Gasteiger charge is -2.22. The van der Waals surface area contributed by atoms with Crippen LogP contribution in [0.4, 0.5) is 0 Å². The van der Waals surface area contributed by atoms with Gasteiger partial charge in [-0.2, -0.15) is 0 Å². The number of esters is 1. The zero-order valence-corrected chi connectivity index (χ0v) is 12.8. The Bertz CT molecular complexity index is 552. The molecule has 0 radical (unpaired) electrons. The van der Waals surface area contributed by atoms with E-state index >= 15 is 0 Å². The van der Waals surface area contributed by atoms with Crippen LogP contribution < -0.4 is 0 Å². The van der Waals surface area contributed by atoms with E-state index in [0.29, 0.717) is 5.56 Å². The van der Waals surface area contributed by atoms with Crippen molar-refractivity contribution in [2.45, 2.75) is 51.2 Å². The molecule has 6 heteroatoms. The minimum absolute atomic E-state index is 0.0476. The van der Waals surface area contributed by atoms with Gasteiger partial charge < -0.3 is 24.1 Å². The Morgan fingerprint density at radius 3 is 2.59 bits per heavy atom. The van der Waals surface area contributed by atoms with Gasteiger partial charge in [0.05, 0.1) is 5.56 Å². The molecule has 0 bridgehead atoms. The molecule has 1 N–H and O–H groups in total. The molecule has 0 aromatic heterocycles. The SMILES string of the molecule is Cc1ccc(C(=O)OC[C@H]2O[C@H]3OC(C)(C)O[C@H]3[C@@H]2O)cc1. The smallest absolute Gasteiger partial charge is 0.338 e. The standard InChI is InChI=1S/C16H20O6/c1-9-4-6-10(7-5-9)14(18)19-8-11-12(17)13-15(20-11)22-16(2,3)21-13/h4-7,11-13,15,17H,8H2,1-3H3/t11-,12-,13+,15+/m1/s1. The van der Waals surface area contributed by atoms with Crippen LogP contribution in [0, 0.1) is 6.92 Å². The van der Waals surface area contributed by atoms with E-state index < -0.39 is 36.4 Å². The molecule has 1 aromatic carbocycles. The number of hydrogen-bond donors (Lipinski definition) is 1. The summed E-state index contributed by atoms with van der Waals surface area (Å²) in [6.07, 6.45) is -2.73. The zero-order chi connectivity index (χ0) is 15.9. The Kier molecular flexibility index (Phi) is 3.94. The molecule has 2 heterocycles. The van der Waals surface area contributed by atoms with Crippen molar-refractivity contribution in [3.05, 3.63) is 35.4 Å². The van der Waals surface area contributed by atoms with E-state index in [-0.39, 0.29) is 6.61 Å². The van der Waals surface area contributed by atoms with Crippen LogP contribution in [0.15, 0.2) is 24.3 Å². The van der Waals surface area contributed by atoms with Gasteiger partial charge in [0, 0.05) is 0 Å². The van der Waals surface area contributed by atoms with Crippen LogP contribution in [0.2, 0.25) is 0 Å². The molecule has 0 unspecified atom stereocenters. The van der Waals surface area contributed by atoms with Gasteiger partial charge in [0.2, 0.25) is 0 Å². The van der Waals surface area contributed by atoms with E-state index in [0.717, 1.165) is 5.56 Å². The molecule has 1 aromatic rings. The topological polar surface area (TPSA) is 74.2 Å². The van der Waals surface area contributed by atoms with Crippen LogP contribution in [-0.2, 0) is 18.9 Å². The first-order chi connectivity index (χ1) is 10.4. The molecule has 120 valence electrons. The Hall–Kier alpha value is -1.47. The average molecular weight is 308 g/mol. The van der Waals surface area contributed by atoms with E-state index in [4.69, 9.17) is 18.9 Å². The van der Waals surface area contributed by atoms with E-state index in [1.807, 2.05) is 19.1 Å². The molecule has 2 aliphatic rings. The van der Waals surface area contributed by atoms with E-state index in [1.165, 1.54) is 0 Å². The maximum absolute atomic E-state index is 11.9. The van der Waals surface area contributed by atoms with E-state index in [9.17, 15) is 9.90 Å². The van der Waals surface area contributed by atoms with Crippen molar-refractivity contribution in [2.75, 3.05) is 6.61 Å². The highest BCUT2D eigenvalue weighted by atomic mass is 16.8. The summed E-state index contributed by atoms with van der Waals surface area (Å²) in [7, 11) is 0. The number of hydrogen-bond acceptors (Lipinski definition) is 6. The fourth-order valence-electron chi connectivity index (χ4n) is 2.63. The highest BCUT2D eigenvalue weighted by Gasteiger charge is 2.54. The summed E-state index contributed by atoms with van der Waals surface area (Å²) in [5.74, 6) is -1.23. The molecule has 2 aliphatic heterocycles. The van der Waals surface area contributed by atoms with Gasteiger partial charge in [-0.25, -0.2) is 4.79 Å². The summed E-state index contributed by atoms with van der Waals surface area (Å²) in [4.78, 5) is 11.9. The maximum atomic E-state index is 11.9. The first-order valence-corrected chi connectivity index (χ1v) is 7.29. The molecule has 4 atom stereocenters. The summed E-state index contributed by atoms with van der Waals surface area (Å²) >= 11 is 0. The molecule has 0 amide bonds. The van der Waals surface area contributed by atoms with Crippen molar-refractivity contribution in [2.24, 2.45) is 0 Å². The molecular weight excluding hydrogens is 288 g/mol. The van der Waals surface area contributed by atoms with Crippen LogP contribution in [0.1, 0.15) is 29.8 Å². The van der Waals surface area contributed by atoms with Gasteiger partial charge in [-0.05, 0) is 32.9 Å². The number of ether oxygens (including phenoxy) is 4. The quantitative estimate of drug-likeness (QED) is 0.851. The van der Waals surface area contributed by atoms with Crippen LogP contribution in [0.3, 0.4) is 0 Å². The average Bonchev–Trinajstić information content (AvgIpc) is 2.91. The van der Waals surface area contributed by atoms with Gasteiger partial charge in [0.25, 0.3) is 0 Å². The Labute approximate surface area is 128 Å². The highest BCUT2D eigenvalue weighted by Crippen LogP contribution is 2.37. The number of rotatable bonds is 3. The third-order valence-electron chi connectivity index (χ3n) is 3.78. The molecule has 22 heavy (non-hydrogen) atoms. The van der Waals surface area contributed by atoms with Crippen LogP contribution in [0.25, 0.3) is 0 Å². The normalized spacial score (nSPS) is 32.7. The third kappa shape index (κ3) is 3.01. The number of carbonyl (C=O) groups is 1. The van der Waals surface area contributed by atoms with Crippen molar-refractivity contribution in [3.63, 3.8) is 0 Å². The maximum Gasteiger partial charge on any atom is 0.338 e. The van der Waals surface area contributed by atoms with Crippen molar-refractivity contribution < 1.29 is 28.8 Å². The predicted molar refractivity (Wildman–Crippen MR) is 76.2 cm³/mol. The summed E-state index contributed by atoms with van der Waals surface area (Å²) in [5.41, 5.74) is 1.53. The highest BCUT2D eigenvalue weighted by molar-refractivity contribution is 5.89. The van der Waals surface area contributed by atoms with Crippen molar-refractivity contribution in [3.8, 4) is 0 Å². The van der Waals surface area contributed by atoms with Gasteiger partial charge in [-0.1, -0.05) is 17.7 Å². The molecule has 2 fully saturated rings. The Morgan fingerprint density at radius 2 is 1.95 bits per heavy atom. The molecule has 0 aliphatic carbocycles. The molecule has 2 saturated heterocycles. The fraction of sp³-hybridized carbons (Fsp3) is 0.562. The van der Waals surface area contributed by atoms with Gasteiger partial charge in [-0.15, -0.1) is 0 Å². The predicted octanol–water partition coefficient (Wildman–Crippen LogP) is 1.39. The third-order valence-corrected chi connectivity index (χ3v) is 3.78. The van der Waals surface area contributed by atoms with Gasteiger partial charge in [-0.3, -0.25) is 0 Å². The second-order valence-electron chi connectivity index (χ2n) is 6.10. The van der Waals surface area contributed by atoms with Gasteiger partial charge >= 0.3 is 5.97 Å². The molecular formula is C16H20O6. The Balaban J connectivity index is 1.55. The number of aryl methyl sites for hydroxylation is 1. The van der Waals surface area contributed by atoms with Gasteiger partial charge in [0.15, 0.2) is 12.1 Å². The monoisotopic (exact) mass is 308 g/mol. The number of fused-ring (bicyclic) bond motifs is 1. The second-order valence-corrected chi connectivity index (χ2v) is 6.10. The summed E-state index contributed by atoms with van der Waals surface area (Å²) in [5, 5.41) is 10.2. The van der Waals surface area contributed by atoms with E-state index in [2.05, 4.69) is 0 Å². The molecule has 6 nitrogen and oxygen atoms in total. The van der Waals surface area contributed by atoms with Crippen molar-refractivity contribution >= 4 is 5.97 Å². The zero-order valence-electron chi connectivity index (χ0n) is 12.8. The number of carbonyl (C=O) groups excluding carboxylic acids is 1. The number of aliphatic hydroxyl groups excluding tert-OH is 1. The lowest BCUT2D eigenvalue weighted by molar-refractivity contribution is -0.218. The van der Waals surface area contributed by atoms with Gasteiger partial charge in [0.1, 0.15) is 24.9 Å². The number of benzene rings is 1. The minimum Gasteiger partial charge on any atom is -0.459 e. The van der Waals surface area contributed by atoms with Crippen molar-refractivity contribution in [1.29, 1.82) is 0 Å².